The molecule has 0 saturated carbocycles. The third kappa shape index (κ3) is 4.43. The Kier molecular flexibility index (Phi) is 6.04. The van der Waals surface area contributed by atoms with E-state index in [4.69, 9.17) is 9.26 Å². The number of aromatic nitrogens is 1. The molecule has 1 aromatic heterocycles. The summed E-state index contributed by atoms with van der Waals surface area (Å²) in [4.78, 5) is 15.3. The second kappa shape index (κ2) is 8.46. The molecule has 1 aliphatic rings. The molecule has 3 rings (SSSR count). The lowest BCUT2D eigenvalue weighted by molar-refractivity contribution is 0.0937. The van der Waals surface area contributed by atoms with Gasteiger partial charge in [0.1, 0.15) is 11.3 Å². The van der Waals surface area contributed by atoms with Crippen molar-refractivity contribution in [1.29, 1.82) is 0 Å². The van der Waals surface area contributed by atoms with E-state index in [-0.39, 0.29) is 11.9 Å². The summed E-state index contributed by atoms with van der Waals surface area (Å²) in [7, 11) is 1.63. The van der Waals surface area contributed by atoms with Crippen LogP contribution in [0.3, 0.4) is 0 Å². The number of nitrogens with zero attached hydrogens (tertiary/aromatic N) is 2. The van der Waals surface area contributed by atoms with Gasteiger partial charge in [-0.25, -0.2) is 0 Å². The van der Waals surface area contributed by atoms with Gasteiger partial charge in [0.15, 0.2) is 11.6 Å². The lowest BCUT2D eigenvalue weighted by Gasteiger charge is -2.18. The predicted octanol–water partition coefficient (Wildman–Crippen LogP) is 4.11. The third-order valence-corrected chi connectivity index (χ3v) is 4.86. The second-order valence-electron chi connectivity index (χ2n) is 7.64. The molecule has 27 heavy (non-hydrogen) atoms. The Balaban J connectivity index is 1.94. The van der Waals surface area contributed by atoms with Gasteiger partial charge < -0.3 is 19.5 Å². The number of carbonyl (C=O) groups excluding carboxylic acids is 1. The Bertz CT molecular complexity index is 761. The van der Waals surface area contributed by atoms with E-state index in [9.17, 15) is 4.79 Å². The van der Waals surface area contributed by atoms with Crippen LogP contribution >= 0.6 is 0 Å². The number of carbonyl (C=O) groups is 1. The minimum Gasteiger partial charge on any atom is -0.497 e. The van der Waals surface area contributed by atoms with E-state index in [1.54, 1.807) is 7.11 Å². The number of hydrogen-bond donors (Lipinski definition) is 1. The van der Waals surface area contributed by atoms with Crippen molar-refractivity contribution < 1.29 is 14.1 Å². The number of benzene rings is 1. The van der Waals surface area contributed by atoms with E-state index < -0.39 is 0 Å². The van der Waals surface area contributed by atoms with Crippen LogP contribution in [0.1, 0.15) is 50.4 Å². The summed E-state index contributed by atoms with van der Waals surface area (Å²) in [5.41, 5.74) is 1.34. The first-order valence-corrected chi connectivity index (χ1v) is 9.69. The zero-order valence-corrected chi connectivity index (χ0v) is 16.6. The zero-order valence-electron chi connectivity index (χ0n) is 16.6. The van der Waals surface area contributed by atoms with Crippen molar-refractivity contribution in [3.63, 3.8) is 0 Å². The quantitative estimate of drug-likeness (QED) is 0.793. The maximum Gasteiger partial charge on any atom is 0.259 e. The molecule has 6 heteroatoms. The van der Waals surface area contributed by atoms with E-state index >= 15 is 0 Å². The molecule has 2 aromatic rings. The molecule has 6 nitrogen and oxygen atoms in total. The van der Waals surface area contributed by atoms with Crippen molar-refractivity contribution in [3.8, 4) is 17.1 Å². The first-order chi connectivity index (χ1) is 13.0. The van der Waals surface area contributed by atoms with Gasteiger partial charge in [-0.05, 0) is 56.4 Å². The maximum atomic E-state index is 13.1. The molecular weight excluding hydrogens is 342 g/mol. The Morgan fingerprint density at radius 2 is 1.89 bits per heavy atom. The van der Waals surface area contributed by atoms with Crippen molar-refractivity contribution in [1.82, 2.24) is 10.5 Å². The molecule has 146 valence electrons. The minimum absolute atomic E-state index is 0.0857. The molecule has 1 atom stereocenters. The highest BCUT2D eigenvalue weighted by molar-refractivity contribution is 6.04. The summed E-state index contributed by atoms with van der Waals surface area (Å²) in [5.74, 6) is 2.30. The molecule has 0 spiro atoms. The standard InChI is InChI=1S/C21H29N3O3/c1-14(2)13-15(3)22-21(25)18-19(16-7-9-17(26-4)10-8-16)27-23-20(18)24-11-5-6-12-24/h7-10,14-15H,5-6,11-13H2,1-4H3,(H,22,25). The summed E-state index contributed by atoms with van der Waals surface area (Å²) >= 11 is 0. The van der Waals surface area contributed by atoms with Crippen LogP contribution in [0.5, 0.6) is 5.75 Å². The number of hydrogen-bond acceptors (Lipinski definition) is 5. The molecule has 0 radical (unpaired) electrons. The van der Waals surface area contributed by atoms with E-state index in [0.717, 1.165) is 43.7 Å². The molecule has 1 amide bonds. The summed E-state index contributed by atoms with van der Waals surface area (Å²) in [5, 5.41) is 7.39. The average Bonchev–Trinajstić information content (AvgIpc) is 3.30. The largest absolute Gasteiger partial charge is 0.497 e. The number of methoxy groups -OCH3 is 1. The van der Waals surface area contributed by atoms with Crippen LogP contribution in [0, 0.1) is 5.92 Å². The van der Waals surface area contributed by atoms with Gasteiger partial charge in [-0.2, -0.15) is 0 Å². The normalized spacial score (nSPS) is 15.2. The predicted molar refractivity (Wildman–Crippen MR) is 106 cm³/mol. The monoisotopic (exact) mass is 371 g/mol. The molecule has 0 bridgehead atoms. The van der Waals surface area contributed by atoms with Gasteiger partial charge in [-0.1, -0.05) is 19.0 Å². The summed E-state index contributed by atoms with van der Waals surface area (Å²) in [6.45, 7) is 8.14. The van der Waals surface area contributed by atoms with Crippen LogP contribution in [0.25, 0.3) is 11.3 Å². The average molecular weight is 371 g/mol. The van der Waals surface area contributed by atoms with Crippen molar-refractivity contribution in [2.75, 3.05) is 25.1 Å². The Hall–Kier alpha value is -2.50. The molecule has 1 aromatic carbocycles. The number of nitrogens with one attached hydrogen (secondary N) is 1. The molecule has 1 aliphatic heterocycles. The molecule has 1 unspecified atom stereocenters. The summed E-state index contributed by atoms with van der Waals surface area (Å²) in [6, 6.07) is 7.58. The van der Waals surface area contributed by atoms with E-state index in [0.29, 0.717) is 23.1 Å². The number of rotatable bonds is 7. The maximum absolute atomic E-state index is 13.1. The Morgan fingerprint density at radius 3 is 2.48 bits per heavy atom. The number of ether oxygens (including phenoxy) is 1. The Labute approximate surface area is 160 Å². The Morgan fingerprint density at radius 1 is 1.22 bits per heavy atom. The van der Waals surface area contributed by atoms with Crippen molar-refractivity contribution >= 4 is 11.7 Å². The van der Waals surface area contributed by atoms with Gasteiger partial charge in [0.05, 0.1) is 7.11 Å². The van der Waals surface area contributed by atoms with Gasteiger partial charge in [-0.15, -0.1) is 0 Å². The van der Waals surface area contributed by atoms with Crippen LogP contribution in [0.4, 0.5) is 5.82 Å². The highest BCUT2D eigenvalue weighted by Gasteiger charge is 2.29. The topological polar surface area (TPSA) is 67.6 Å². The van der Waals surface area contributed by atoms with Gasteiger partial charge >= 0.3 is 0 Å². The highest BCUT2D eigenvalue weighted by atomic mass is 16.5. The summed E-state index contributed by atoms with van der Waals surface area (Å²) < 4.78 is 10.9. The van der Waals surface area contributed by atoms with Crippen molar-refractivity contribution in [2.45, 2.75) is 46.1 Å². The lowest BCUT2D eigenvalue weighted by atomic mass is 10.0. The molecule has 2 heterocycles. The van der Waals surface area contributed by atoms with Crippen LogP contribution in [-0.2, 0) is 0 Å². The van der Waals surface area contributed by atoms with E-state index in [1.165, 1.54) is 0 Å². The smallest absolute Gasteiger partial charge is 0.259 e. The molecule has 1 saturated heterocycles. The number of anilines is 1. The second-order valence-corrected chi connectivity index (χ2v) is 7.64. The van der Waals surface area contributed by atoms with Crippen LogP contribution in [0.15, 0.2) is 28.8 Å². The van der Waals surface area contributed by atoms with Crippen LogP contribution in [-0.4, -0.2) is 37.3 Å². The fourth-order valence-corrected chi connectivity index (χ4v) is 3.63. The first kappa shape index (κ1) is 19.3. The summed E-state index contributed by atoms with van der Waals surface area (Å²) in [6.07, 6.45) is 3.14. The molecular formula is C21H29N3O3. The third-order valence-electron chi connectivity index (χ3n) is 4.86. The minimum atomic E-state index is -0.128. The highest BCUT2D eigenvalue weighted by Crippen LogP contribution is 2.33. The molecule has 0 aliphatic carbocycles. The molecule has 1 N–H and O–H groups in total. The number of amides is 1. The van der Waals surface area contributed by atoms with Gasteiger partial charge in [0.2, 0.25) is 0 Å². The SMILES string of the molecule is COc1ccc(-c2onc(N3CCCC3)c2C(=O)NC(C)CC(C)C)cc1. The molecule has 1 fully saturated rings. The van der Waals surface area contributed by atoms with Crippen molar-refractivity contribution in [2.24, 2.45) is 5.92 Å². The fraction of sp³-hybridized carbons (Fsp3) is 0.524. The fourth-order valence-electron chi connectivity index (χ4n) is 3.63. The van der Waals surface area contributed by atoms with E-state index in [2.05, 4.69) is 29.2 Å². The lowest BCUT2D eigenvalue weighted by Crippen LogP contribution is -2.34. The van der Waals surface area contributed by atoms with Gasteiger partial charge in [0, 0.05) is 24.7 Å². The zero-order chi connectivity index (χ0) is 19.4. The van der Waals surface area contributed by atoms with Crippen LogP contribution in [0.2, 0.25) is 0 Å². The van der Waals surface area contributed by atoms with Crippen molar-refractivity contribution in [3.05, 3.63) is 29.8 Å². The van der Waals surface area contributed by atoms with Gasteiger partial charge in [-0.3, -0.25) is 4.79 Å². The van der Waals surface area contributed by atoms with Gasteiger partial charge in [0.25, 0.3) is 5.91 Å². The van der Waals surface area contributed by atoms with E-state index in [1.807, 2.05) is 31.2 Å². The van der Waals surface area contributed by atoms with Crippen LogP contribution < -0.4 is 15.0 Å². The first-order valence-electron chi connectivity index (χ1n) is 9.69.